The van der Waals surface area contributed by atoms with Gasteiger partial charge in [0.25, 0.3) is 0 Å². The molecule has 0 spiro atoms. The Morgan fingerprint density at radius 3 is 2.90 bits per heavy atom. The van der Waals surface area contributed by atoms with Crippen LogP contribution in [0.3, 0.4) is 0 Å². The van der Waals surface area contributed by atoms with Crippen LogP contribution in [0.25, 0.3) is 22.7 Å². The summed E-state index contributed by atoms with van der Waals surface area (Å²) in [6.45, 7) is 2.11. The normalized spacial score (nSPS) is 15.3. The van der Waals surface area contributed by atoms with E-state index in [1.54, 1.807) is 11.8 Å². The lowest BCUT2D eigenvalue weighted by Gasteiger charge is -2.17. The number of aromatic hydroxyl groups is 1. The average molecular weight is 412 g/mol. The number of hydrogen-bond acceptors (Lipinski definition) is 2. The van der Waals surface area contributed by atoms with E-state index in [-0.39, 0.29) is 0 Å². The highest BCUT2D eigenvalue weighted by Crippen LogP contribution is 2.39. The summed E-state index contributed by atoms with van der Waals surface area (Å²) in [4.78, 5) is 1.31. The molecule has 0 aliphatic heterocycles. The third-order valence-corrected chi connectivity index (χ3v) is 6.91. The molecule has 5 rings (SSSR count). The van der Waals surface area contributed by atoms with Crippen molar-refractivity contribution in [2.24, 2.45) is 0 Å². The van der Waals surface area contributed by atoms with Crippen molar-refractivity contribution >= 4 is 28.7 Å². The predicted molar refractivity (Wildman–Crippen MR) is 129 cm³/mol. The number of aromatic nitrogens is 1. The van der Waals surface area contributed by atoms with E-state index in [1.165, 1.54) is 27.1 Å². The number of nitrogens with zero attached hydrogens (tertiary/aromatic N) is 1. The van der Waals surface area contributed by atoms with Crippen LogP contribution in [0.15, 0.2) is 77.8 Å². The number of benzene rings is 2. The quantitative estimate of drug-likeness (QED) is 0.489. The van der Waals surface area contributed by atoms with Gasteiger partial charge < -0.3 is 9.67 Å². The molecule has 3 heteroatoms. The fraction of sp³-hybridized carbons (Fsp3) is 0.185. The third-order valence-electron chi connectivity index (χ3n) is 5.78. The molecule has 150 valence electrons. The van der Waals surface area contributed by atoms with Crippen molar-refractivity contribution in [2.75, 3.05) is 0 Å². The van der Waals surface area contributed by atoms with Crippen LogP contribution in [0.4, 0.5) is 0 Å². The van der Waals surface area contributed by atoms with E-state index in [0.717, 1.165) is 41.8 Å². The predicted octanol–water partition coefficient (Wildman–Crippen LogP) is 7.24. The van der Waals surface area contributed by atoms with Crippen LogP contribution in [0, 0.1) is 6.92 Å². The first-order valence-corrected chi connectivity index (χ1v) is 11.5. The zero-order valence-corrected chi connectivity index (χ0v) is 18.0. The van der Waals surface area contributed by atoms with Gasteiger partial charge in [0.2, 0.25) is 0 Å². The number of para-hydroxylation sites is 1. The molecule has 0 fully saturated rings. The summed E-state index contributed by atoms with van der Waals surface area (Å²) in [5, 5.41) is 12.6. The molecular weight excluding hydrogens is 386 g/mol. The molecule has 1 aromatic heterocycles. The zero-order chi connectivity index (χ0) is 20.5. The highest BCUT2D eigenvalue weighted by atomic mass is 32.2. The Morgan fingerprint density at radius 2 is 1.97 bits per heavy atom. The van der Waals surface area contributed by atoms with E-state index in [4.69, 9.17) is 0 Å². The molecule has 0 atom stereocenters. The van der Waals surface area contributed by atoms with Gasteiger partial charge in [0, 0.05) is 22.4 Å². The van der Waals surface area contributed by atoms with E-state index >= 15 is 0 Å². The Kier molecular flexibility index (Phi) is 5.14. The molecule has 3 aromatic rings. The Bertz CT molecular complexity index is 1240. The van der Waals surface area contributed by atoms with Gasteiger partial charge in [-0.3, -0.25) is 0 Å². The summed E-state index contributed by atoms with van der Waals surface area (Å²) in [5.74, 6) is 1.14. The minimum absolute atomic E-state index is 0.385. The Labute approximate surface area is 181 Å². The number of phenolic OH excluding ortho intramolecular Hbond substituents is 1. The monoisotopic (exact) mass is 411 g/mol. The molecular formula is C27H25NOS. The lowest BCUT2D eigenvalue weighted by Crippen LogP contribution is -2.02. The number of thioether (sulfide) groups is 1. The number of aryl methyl sites for hydroxylation is 2. The topological polar surface area (TPSA) is 25.2 Å². The lowest BCUT2D eigenvalue weighted by atomic mass is 10.0. The van der Waals surface area contributed by atoms with Crippen molar-refractivity contribution < 1.29 is 5.11 Å². The zero-order valence-electron chi connectivity index (χ0n) is 17.1. The molecule has 0 saturated carbocycles. The van der Waals surface area contributed by atoms with Gasteiger partial charge in [-0.05, 0) is 60.4 Å². The van der Waals surface area contributed by atoms with Crippen LogP contribution in [-0.4, -0.2) is 9.67 Å². The highest BCUT2D eigenvalue weighted by Gasteiger charge is 2.21. The Balaban J connectivity index is 1.60. The van der Waals surface area contributed by atoms with Crippen molar-refractivity contribution in [3.8, 4) is 11.4 Å². The molecule has 1 heterocycles. The molecule has 2 aliphatic rings. The van der Waals surface area contributed by atoms with Gasteiger partial charge in [-0.15, -0.1) is 11.8 Å². The minimum Gasteiger partial charge on any atom is -0.505 e. The molecule has 1 N–H and O–H groups in total. The second kappa shape index (κ2) is 8.08. The highest BCUT2D eigenvalue weighted by molar-refractivity contribution is 8.02. The molecule has 0 unspecified atom stereocenters. The molecule has 2 nitrogen and oxygen atoms in total. The van der Waals surface area contributed by atoms with Crippen LogP contribution in [0.5, 0.6) is 5.75 Å². The first kappa shape index (κ1) is 19.1. The molecule has 0 bridgehead atoms. The maximum Gasteiger partial charge on any atom is 0.143 e. The van der Waals surface area contributed by atoms with E-state index < -0.39 is 0 Å². The Hall–Kier alpha value is -2.91. The summed E-state index contributed by atoms with van der Waals surface area (Å²) in [5.41, 5.74) is 6.77. The first-order chi connectivity index (χ1) is 14.7. The van der Waals surface area contributed by atoms with Crippen molar-refractivity contribution in [1.29, 1.82) is 0 Å². The summed E-state index contributed by atoms with van der Waals surface area (Å²) in [6.07, 6.45) is 18.1. The van der Waals surface area contributed by atoms with Crippen molar-refractivity contribution in [2.45, 2.75) is 31.9 Å². The molecule has 2 aromatic carbocycles. The molecule has 30 heavy (non-hydrogen) atoms. The van der Waals surface area contributed by atoms with Gasteiger partial charge in [0.05, 0.1) is 11.2 Å². The van der Waals surface area contributed by atoms with Gasteiger partial charge in [-0.25, -0.2) is 0 Å². The number of phenols is 1. The number of fused-ring (bicyclic) bond motifs is 3. The van der Waals surface area contributed by atoms with E-state index in [9.17, 15) is 5.11 Å². The van der Waals surface area contributed by atoms with Crippen molar-refractivity contribution in [1.82, 2.24) is 4.57 Å². The van der Waals surface area contributed by atoms with Crippen LogP contribution in [-0.2, 0) is 12.2 Å². The smallest absolute Gasteiger partial charge is 0.143 e. The summed E-state index contributed by atoms with van der Waals surface area (Å²) in [7, 11) is 0. The van der Waals surface area contributed by atoms with Crippen molar-refractivity contribution in [3.63, 3.8) is 0 Å². The largest absolute Gasteiger partial charge is 0.505 e. The maximum atomic E-state index is 11.3. The van der Waals surface area contributed by atoms with Crippen LogP contribution in [0.1, 0.15) is 35.2 Å². The summed E-state index contributed by atoms with van der Waals surface area (Å²) < 4.78 is 2.24. The van der Waals surface area contributed by atoms with Gasteiger partial charge in [0.15, 0.2) is 0 Å². The minimum atomic E-state index is 0.385. The molecule has 0 saturated heterocycles. The second-order valence-corrected chi connectivity index (χ2v) is 8.99. The molecule has 0 amide bonds. The van der Waals surface area contributed by atoms with Gasteiger partial charge >= 0.3 is 0 Å². The van der Waals surface area contributed by atoms with Gasteiger partial charge in [-0.2, -0.15) is 0 Å². The first-order valence-electron chi connectivity index (χ1n) is 10.5. The SMILES string of the molecule is Cc1cc(CSC2=CC=CC=CC2)c(O)c(-n2c3c(c4ccccc42)CCC=C3)c1. The summed E-state index contributed by atoms with van der Waals surface area (Å²) >= 11 is 1.80. The van der Waals surface area contributed by atoms with E-state index in [0.29, 0.717) is 5.75 Å². The summed E-state index contributed by atoms with van der Waals surface area (Å²) in [6, 6.07) is 12.8. The Morgan fingerprint density at radius 1 is 1.07 bits per heavy atom. The average Bonchev–Trinajstić information content (AvgIpc) is 2.89. The standard InChI is InChI=1S/C27H25NOS/c1-19-16-20(18-30-21-10-4-2-3-5-11-21)27(29)26(17-19)28-24-14-8-6-12-22(24)23-13-7-9-15-25(23)28/h2-6,8-10,12,14-17,29H,7,11,13,18H2,1H3. The van der Waals surface area contributed by atoms with Crippen LogP contribution >= 0.6 is 11.8 Å². The molecule has 0 radical (unpaired) electrons. The van der Waals surface area contributed by atoms with E-state index in [1.807, 2.05) is 0 Å². The number of rotatable bonds is 4. The van der Waals surface area contributed by atoms with Gasteiger partial charge in [0.1, 0.15) is 5.75 Å². The number of hydrogen-bond donors (Lipinski definition) is 1. The lowest BCUT2D eigenvalue weighted by molar-refractivity contribution is 0.468. The van der Waals surface area contributed by atoms with Crippen LogP contribution < -0.4 is 0 Å². The molecule has 2 aliphatic carbocycles. The van der Waals surface area contributed by atoms with Crippen molar-refractivity contribution in [3.05, 3.63) is 100 Å². The third kappa shape index (κ3) is 3.44. The van der Waals surface area contributed by atoms with Gasteiger partial charge in [-0.1, -0.05) is 60.7 Å². The fourth-order valence-electron chi connectivity index (χ4n) is 4.40. The fourth-order valence-corrected chi connectivity index (χ4v) is 5.35. The maximum absolute atomic E-state index is 11.3. The van der Waals surface area contributed by atoms with Crippen LogP contribution in [0.2, 0.25) is 0 Å². The number of allylic oxidation sites excluding steroid dienone is 7. The van der Waals surface area contributed by atoms with E-state index in [2.05, 4.69) is 90.4 Å². The second-order valence-electron chi connectivity index (χ2n) is 7.89.